The first-order valence-corrected chi connectivity index (χ1v) is 7.85. The van der Waals surface area contributed by atoms with Gasteiger partial charge in [-0.25, -0.2) is 4.98 Å². The number of hydrogen-bond donors (Lipinski definition) is 1. The third kappa shape index (κ3) is 4.86. The maximum atomic E-state index is 5.55. The van der Waals surface area contributed by atoms with Crippen molar-refractivity contribution < 1.29 is 4.74 Å². The molecule has 0 saturated heterocycles. The van der Waals surface area contributed by atoms with Gasteiger partial charge in [0.2, 0.25) is 0 Å². The van der Waals surface area contributed by atoms with E-state index in [2.05, 4.69) is 46.9 Å². The summed E-state index contributed by atoms with van der Waals surface area (Å²) in [6.45, 7) is 13.9. The van der Waals surface area contributed by atoms with Crippen molar-refractivity contribution in [1.82, 2.24) is 10.3 Å². The van der Waals surface area contributed by atoms with Crippen molar-refractivity contribution in [3.05, 3.63) is 15.6 Å². The first-order chi connectivity index (χ1) is 8.76. The fourth-order valence-corrected chi connectivity index (χ4v) is 2.83. The summed E-state index contributed by atoms with van der Waals surface area (Å²) in [6.07, 6.45) is 1.03. The summed E-state index contributed by atoms with van der Waals surface area (Å²) in [5.74, 6) is 0.624. The van der Waals surface area contributed by atoms with Crippen LogP contribution in [0, 0.1) is 5.92 Å². The Kier molecular flexibility index (Phi) is 5.96. The van der Waals surface area contributed by atoms with Gasteiger partial charge in [-0.2, -0.15) is 0 Å². The van der Waals surface area contributed by atoms with Crippen LogP contribution in [-0.2, 0) is 23.3 Å². The predicted molar refractivity (Wildman–Crippen MR) is 82.7 cm³/mol. The SMILES string of the molecule is COC(C)(C)c1nc(CC(C)C)c(CNC(C)C)s1. The number of aromatic nitrogens is 1. The second kappa shape index (κ2) is 6.82. The average molecular weight is 284 g/mol. The molecular formula is C15H28N2OS. The first-order valence-electron chi connectivity index (χ1n) is 7.03. The van der Waals surface area contributed by atoms with E-state index in [-0.39, 0.29) is 5.60 Å². The number of hydrogen-bond acceptors (Lipinski definition) is 4. The molecular weight excluding hydrogens is 256 g/mol. The van der Waals surface area contributed by atoms with Crippen LogP contribution in [-0.4, -0.2) is 18.1 Å². The van der Waals surface area contributed by atoms with Gasteiger partial charge in [-0.05, 0) is 26.2 Å². The molecule has 0 bridgehead atoms. The Hall–Kier alpha value is -0.450. The van der Waals surface area contributed by atoms with Crippen molar-refractivity contribution in [2.75, 3.05) is 7.11 Å². The maximum Gasteiger partial charge on any atom is 0.125 e. The molecule has 0 radical (unpaired) electrons. The third-order valence-corrected chi connectivity index (χ3v) is 4.48. The number of rotatable bonds is 7. The summed E-state index contributed by atoms with van der Waals surface area (Å²) in [5.41, 5.74) is 0.931. The first kappa shape index (κ1) is 16.6. The molecule has 0 aliphatic rings. The Morgan fingerprint density at radius 2 is 1.89 bits per heavy atom. The molecule has 0 unspecified atom stereocenters. The fourth-order valence-electron chi connectivity index (χ4n) is 1.71. The molecule has 0 aromatic carbocycles. The molecule has 1 aromatic heterocycles. The van der Waals surface area contributed by atoms with Gasteiger partial charge in [-0.3, -0.25) is 0 Å². The molecule has 0 atom stereocenters. The molecule has 0 saturated carbocycles. The molecule has 0 spiro atoms. The monoisotopic (exact) mass is 284 g/mol. The van der Waals surface area contributed by atoms with Crippen LogP contribution in [0.1, 0.15) is 57.1 Å². The summed E-state index contributed by atoms with van der Waals surface area (Å²) in [7, 11) is 1.75. The van der Waals surface area contributed by atoms with Crippen molar-refractivity contribution in [2.24, 2.45) is 5.92 Å². The highest BCUT2D eigenvalue weighted by atomic mass is 32.1. The molecule has 1 rings (SSSR count). The Balaban J connectivity index is 2.98. The van der Waals surface area contributed by atoms with Crippen LogP contribution in [0.25, 0.3) is 0 Å². The summed E-state index contributed by atoms with van der Waals surface area (Å²) in [5, 5.41) is 4.56. The standard InChI is InChI=1S/C15H28N2OS/c1-10(2)8-12-13(9-16-11(3)4)19-14(17-12)15(5,6)18-7/h10-11,16H,8-9H2,1-7H3. The second-order valence-electron chi connectivity index (χ2n) is 6.24. The summed E-state index contributed by atoms with van der Waals surface area (Å²) >= 11 is 1.78. The van der Waals surface area contributed by atoms with Crippen LogP contribution < -0.4 is 5.32 Å². The summed E-state index contributed by atoms with van der Waals surface area (Å²) in [4.78, 5) is 6.17. The van der Waals surface area contributed by atoms with Gasteiger partial charge in [0, 0.05) is 24.6 Å². The van der Waals surface area contributed by atoms with E-state index in [1.807, 2.05) is 0 Å². The predicted octanol–water partition coefficient (Wildman–Crippen LogP) is 3.72. The van der Waals surface area contributed by atoms with Gasteiger partial charge < -0.3 is 10.1 Å². The third-order valence-electron chi connectivity index (χ3n) is 3.08. The molecule has 1 N–H and O–H groups in total. The van der Waals surface area contributed by atoms with E-state index in [0.717, 1.165) is 18.0 Å². The lowest BCUT2D eigenvalue weighted by Crippen LogP contribution is -2.22. The number of nitrogens with zero attached hydrogens (tertiary/aromatic N) is 1. The topological polar surface area (TPSA) is 34.1 Å². The summed E-state index contributed by atoms with van der Waals surface area (Å²) < 4.78 is 5.55. The molecule has 19 heavy (non-hydrogen) atoms. The van der Waals surface area contributed by atoms with Crippen molar-refractivity contribution in [1.29, 1.82) is 0 Å². The maximum absolute atomic E-state index is 5.55. The molecule has 0 fully saturated rings. The minimum absolute atomic E-state index is 0.299. The van der Waals surface area contributed by atoms with Crippen LogP contribution in [0.2, 0.25) is 0 Å². The molecule has 0 amide bonds. The Morgan fingerprint density at radius 1 is 1.26 bits per heavy atom. The van der Waals surface area contributed by atoms with E-state index in [4.69, 9.17) is 9.72 Å². The largest absolute Gasteiger partial charge is 0.372 e. The average Bonchev–Trinajstić information content (AvgIpc) is 2.69. The quantitative estimate of drug-likeness (QED) is 0.828. The molecule has 110 valence electrons. The van der Waals surface area contributed by atoms with E-state index in [1.54, 1.807) is 18.4 Å². The van der Waals surface area contributed by atoms with Crippen LogP contribution in [0.4, 0.5) is 0 Å². The van der Waals surface area contributed by atoms with Gasteiger partial charge in [-0.15, -0.1) is 11.3 Å². The van der Waals surface area contributed by atoms with Crippen molar-refractivity contribution in [3.63, 3.8) is 0 Å². The Bertz CT molecular complexity index is 397. The number of nitrogens with one attached hydrogen (secondary N) is 1. The lowest BCUT2D eigenvalue weighted by atomic mass is 10.1. The van der Waals surface area contributed by atoms with Crippen LogP contribution >= 0.6 is 11.3 Å². The molecule has 1 heterocycles. The van der Waals surface area contributed by atoms with E-state index in [9.17, 15) is 0 Å². The van der Waals surface area contributed by atoms with Crippen molar-refractivity contribution in [2.45, 2.75) is 66.2 Å². The van der Waals surface area contributed by atoms with Gasteiger partial charge >= 0.3 is 0 Å². The number of thiazole rings is 1. The number of ether oxygens (including phenoxy) is 1. The molecule has 4 heteroatoms. The van der Waals surface area contributed by atoms with Gasteiger partial charge in [0.15, 0.2) is 0 Å². The number of methoxy groups -OCH3 is 1. The van der Waals surface area contributed by atoms with E-state index in [0.29, 0.717) is 12.0 Å². The molecule has 0 aliphatic heterocycles. The van der Waals surface area contributed by atoms with E-state index < -0.39 is 0 Å². The lowest BCUT2D eigenvalue weighted by molar-refractivity contribution is 0.0189. The van der Waals surface area contributed by atoms with Gasteiger partial charge in [0.1, 0.15) is 10.6 Å². The van der Waals surface area contributed by atoms with Crippen molar-refractivity contribution in [3.8, 4) is 0 Å². The second-order valence-corrected chi connectivity index (χ2v) is 7.32. The smallest absolute Gasteiger partial charge is 0.125 e. The highest BCUT2D eigenvalue weighted by Gasteiger charge is 2.26. The minimum Gasteiger partial charge on any atom is -0.372 e. The van der Waals surface area contributed by atoms with Gasteiger partial charge in [-0.1, -0.05) is 27.7 Å². The molecule has 1 aromatic rings. The Morgan fingerprint density at radius 3 is 2.37 bits per heavy atom. The van der Waals surface area contributed by atoms with Crippen LogP contribution in [0.15, 0.2) is 0 Å². The van der Waals surface area contributed by atoms with Crippen LogP contribution in [0.5, 0.6) is 0 Å². The fraction of sp³-hybridized carbons (Fsp3) is 0.800. The lowest BCUT2D eigenvalue weighted by Gasteiger charge is -2.19. The minimum atomic E-state index is -0.299. The summed E-state index contributed by atoms with van der Waals surface area (Å²) in [6, 6.07) is 0.493. The van der Waals surface area contributed by atoms with E-state index in [1.165, 1.54) is 10.6 Å². The Labute approximate surface area is 121 Å². The van der Waals surface area contributed by atoms with E-state index >= 15 is 0 Å². The van der Waals surface area contributed by atoms with Crippen molar-refractivity contribution >= 4 is 11.3 Å². The molecule has 3 nitrogen and oxygen atoms in total. The normalized spacial score (nSPS) is 12.7. The zero-order chi connectivity index (χ0) is 14.6. The van der Waals surface area contributed by atoms with Gasteiger partial charge in [0.05, 0.1) is 5.69 Å². The zero-order valence-corrected chi connectivity index (χ0v) is 14.1. The highest BCUT2D eigenvalue weighted by Crippen LogP contribution is 2.31. The zero-order valence-electron chi connectivity index (χ0n) is 13.3. The highest BCUT2D eigenvalue weighted by molar-refractivity contribution is 7.11. The molecule has 0 aliphatic carbocycles. The van der Waals surface area contributed by atoms with Gasteiger partial charge in [0.25, 0.3) is 0 Å². The van der Waals surface area contributed by atoms with Crippen LogP contribution in [0.3, 0.4) is 0 Å².